The van der Waals surface area contributed by atoms with Crippen LogP contribution in [0.3, 0.4) is 0 Å². The number of anilines is 1. The summed E-state index contributed by atoms with van der Waals surface area (Å²) in [4.78, 5) is 4.60. The van der Waals surface area contributed by atoms with Crippen molar-refractivity contribution < 1.29 is 18.9 Å². The predicted molar refractivity (Wildman–Crippen MR) is 119 cm³/mol. The molecule has 0 bridgehead atoms. The molecule has 9 heteroatoms. The third kappa shape index (κ3) is 4.09. The van der Waals surface area contributed by atoms with Gasteiger partial charge >= 0.3 is 0 Å². The Bertz CT molecular complexity index is 1080. The van der Waals surface area contributed by atoms with Gasteiger partial charge in [0.05, 0.1) is 21.3 Å². The summed E-state index contributed by atoms with van der Waals surface area (Å²) >= 11 is 1.44. The number of para-hydroxylation sites is 1. The predicted octanol–water partition coefficient (Wildman–Crippen LogP) is 4.35. The fourth-order valence-corrected chi connectivity index (χ4v) is 3.76. The number of benzene rings is 2. The maximum absolute atomic E-state index is 6.30. The van der Waals surface area contributed by atoms with Crippen LogP contribution in [-0.2, 0) is 0 Å². The van der Waals surface area contributed by atoms with Crippen molar-refractivity contribution in [2.45, 2.75) is 11.4 Å². The molecule has 2 aromatic carbocycles. The van der Waals surface area contributed by atoms with Crippen LogP contribution in [0.25, 0.3) is 11.3 Å². The largest absolute Gasteiger partial charge is 0.493 e. The van der Waals surface area contributed by atoms with Gasteiger partial charge in [0.25, 0.3) is 0 Å². The molecule has 0 aliphatic carbocycles. The van der Waals surface area contributed by atoms with Gasteiger partial charge in [-0.3, -0.25) is 0 Å². The third-order valence-corrected chi connectivity index (χ3v) is 5.49. The minimum absolute atomic E-state index is 0.387. The lowest BCUT2D eigenvalue weighted by molar-refractivity contribution is 0.223. The molecule has 0 fully saturated rings. The van der Waals surface area contributed by atoms with Gasteiger partial charge in [0, 0.05) is 22.6 Å². The second-order valence-corrected chi connectivity index (χ2v) is 7.48. The molecule has 4 rings (SSSR count). The van der Waals surface area contributed by atoms with E-state index in [-0.39, 0.29) is 0 Å². The highest BCUT2D eigenvalue weighted by Gasteiger charge is 2.28. The molecule has 1 aliphatic rings. The monoisotopic (exact) mass is 438 g/mol. The molecule has 1 aliphatic heterocycles. The summed E-state index contributed by atoms with van der Waals surface area (Å²) < 4.78 is 22.8. The van der Waals surface area contributed by atoms with Crippen molar-refractivity contribution in [3.8, 4) is 34.4 Å². The lowest BCUT2D eigenvalue weighted by atomic mass is 10.1. The van der Waals surface area contributed by atoms with Crippen molar-refractivity contribution in [1.82, 2.24) is 15.2 Å². The minimum atomic E-state index is -0.579. The zero-order valence-electron chi connectivity index (χ0n) is 17.4. The molecule has 0 amide bonds. The smallest absolute Gasteiger partial charge is 0.247 e. The first kappa shape index (κ1) is 20.8. The van der Waals surface area contributed by atoms with Gasteiger partial charge in [-0.1, -0.05) is 36.0 Å². The normalized spacial score (nSPS) is 14.2. The van der Waals surface area contributed by atoms with Crippen molar-refractivity contribution >= 4 is 17.4 Å². The minimum Gasteiger partial charge on any atom is -0.493 e. The van der Waals surface area contributed by atoms with E-state index in [0.717, 1.165) is 16.8 Å². The quantitative estimate of drug-likeness (QED) is 0.427. The fourth-order valence-electron chi connectivity index (χ4n) is 3.25. The maximum atomic E-state index is 6.30. The van der Waals surface area contributed by atoms with Crippen LogP contribution >= 0.6 is 11.8 Å². The van der Waals surface area contributed by atoms with Crippen molar-refractivity contribution in [1.29, 1.82) is 0 Å². The van der Waals surface area contributed by atoms with Gasteiger partial charge < -0.3 is 24.3 Å². The molecule has 1 unspecified atom stereocenters. The van der Waals surface area contributed by atoms with Gasteiger partial charge in [-0.2, -0.15) is 4.98 Å². The van der Waals surface area contributed by atoms with Crippen LogP contribution in [0.2, 0.25) is 0 Å². The van der Waals surface area contributed by atoms with Crippen LogP contribution in [0.1, 0.15) is 11.8 Å². The molecular weight excluding hydrogens is 416 g/mol. The van der Waals surface area contributed by atoms with Crippen LogP contribution in [0.5, 0.6) is 23.1 Å². The van der Waals surface area contributed by atoms with Crippen LogP contribution in [0.15, 0.2) is 54.2 Å². The van der Waals surface area contributed by atoms with Gasteiger partial charge in [0.2, 0.25) is 16.8 Å². The Morgan fingerprint density at radius 2 is 1.84 bits per heavy atom. The summed E-state index contributed by atoms with van der Waals surface area (Å²) in [5.41, 5.74) is 3.05. The lowest BCUT2D eigenvalue weighted by Crippen LogP contribution is -2.17. The number of aromatic nitrogens is 3. The highest BCUT2D eigenvalue weighted by Crippen LogP contribution is 2.43. The first-order valence-corrected chi connectivity index (χ1v) is 10.5. The fraction of sp³-hybridized carbons (Fsp3) is 0.227. The zero-order valence-corrected chi connectivity index (χ0v) is 18.2. The molecule has 0 spiro atoms. The van der Waals surface area contributed by atoms with Crippen molar-refractivity contribution in [3.05, 3.63) is 54.6 Å². The Kier molecular flexibility index (Phi) is 6.13. The Balaban J connectivity index is 1.82. The first-order chi connectivity index (χ1) is 15.2. The Morgan fingerprint density at radius 1 is 1.10 bits per heavy atom. The summed E-state index contributed by atoms with van der Waals surface area (Å²) in [6.45, 7) is 3.73. The average molecular weight is 439 g/mol. The number of rotatable bonds is 7. The van der Waals surface area contributed by atoms with Crippen LogP contribution in [0.4, 0.5) is 5.69 Å². The van der Waals surface area contributed by atoms with E-state index in [4.69, 9.17) is 18.9 Å². The van der Waals surface area contributed by atoms with E-state index in [9.17, 15) is 0 Å². The highest BCUT2D eigenvalue weighted by molar-refractivity contribution is 7.99. The molecule has 0 saturated carbocycles. The number of thioether (sulfide) groups is 1. The van der Waals surface area contributed by atoms with Crippen LogP contribution < -0.4 is 24.3 Å². The van der Waals surface area contributed by atoms with Crippen molar-refractivity contribution in [2.75, 3.05) is 32.4 Å². The first-order valence-electron chi connectivity index (χ1n) is 9.49. The van der Waals surface area contributed by atoms with E-state index in [1.807, 2.05) is 36.4 Å². The Labute approximate surface area is 184 Å². The number of fused-ring (bicyclic) bond motifs is 3. The molecular formula is C22H22N4O4S. The van der Waals surface area contributed by atoms with E-state index in [1.165, 1.54) is 11.8 Å². The average Bonchev–Trinajstić information content (AvgIpc) is 2.98. The summed E-state index contributed by atoms with van der Waals surface area (Å²) in [6, 6.07) is 11.5. The Hall–Kier alpha value is -3.46. The molecule has 2 heterocycles. The number of nitrogens with one attached hydrogen (secondary N) is 1. The van der Waals surface area contributed by atoms with Gasteiger partial charge in [-0.15, -0.1) is 16.8 Å². The van der Waals surface area contributed by atoms with Crippen LogP contribution in [-0.4, -0.2) is 42.3 Å². The number of ether oxygens (including phenoxy) is 4. The summed E-state index contributed by atoms with van der Waals surface area (Å²) in [5.74, 6) is 2.63. The third-order valence-electron chi connectivity index (χ3n) is 4.65. The van der Waals surface area contributed by atoms with E-state index in [0.29, 0.717) is 39.7 Å². The molecule has 31 heavy (non-hydrogen) atoms. The molecule has 1 N–H and O–H groups in total. The molecule has 0 saturated heterocycles. The van der Waals surface area contributed by atoms with Gasteiger partial charge in [0.1, 0.15) is 0 Å². The van der Waals surface area contributed by atoms with Crippen LogP contribution in [0, 0.1) is 0 Å². The summed E-state index contributed by atoms with van der Waals surface area (Å²) in [6.07, 6.45) is 1.21. The van der Waals surface area contributed by atoms with Gasteiger partial charge in [0.15, 0.2) is 23.4 Å². The zero-order chi connectivity index (χ0) is 21.8. The maximum Gasteiger partial charge on any atom is 0.247 e. The van der Waals surface area contributed by atoms with E-state index in [2.05, 4.69) is 27.1 Å². The number of nitrogens with zero attached hydrogens (tertiary/aromatic N) is 3. The lowest BCUT2D eigenvalue weighted by Gasteiger charge is -2.21. The standard InChI is InChI=1S/C22H22N4O4S/c1-5-10-31-22-24-21-18(25-26-22)14-8-6-7-9-15(14)23-20(30-21)13-11-16(27-2)19(29-4)17(12-13)28-3/h5-9,11-12,20,23H,1,10H2,2-4H3. The number of hydrogen-bond donors (Lipinski definition) is 1. The molecule has 160 valence electrons. The topological polar surface area (TPSA) is 87.6 Å². The van der Waals surface area contributed by atoms with E-state index in [1.54, 1.807) is 27.4 Å². The molecule has 1 aromatic heterocycles. The SMILES string of the molecule is C=CCSc1nnc2c(n1)OC(c1cc(OC)c(OC)c(OC)c1)Nc1ccccc1-2. The number of hydrogen-bond acceptors (Lipinski definition) is 9. The van der Waals surface area contributed by atoms with Crippen molar-refractivity contribution in [2.24, 2.45) is 0 Å². The summed E-state index contributed by atoms with van der Waals surface area (Å²) in [5, 5.41) is 12.6. The second-order valence-electron chi connectivity index (χ2n) is 6.49. The Morgan fingerprint density at radius 3 is 2.52 bits per heavy atom. The van der Waals surface area contributed by atoms with E-state index < -0.39 is 6.23 Å². The second kappa shape index (κ2) is 9.13. The molecule has 8 nitrogen and oxygen atoms in total. The molecule has 3 aromatic rings. The summed E-state index contributed by atoms with van der Waals surface area (Å²) in [7, 11) is 4.72. The molecule has 0 radical (unpaired) electrons. The number of methoxy groups -OCH3 is 3. The highest BCUT2D eigenvalue weighted by atomic mass is 32.2. The molecule has 1 atom stereocenters. The van der Waals surface area contributed by atoms with Gasteiger partial charge in [-0.05, 0) is 18.2 Å². The van der Waals surface area contributed by atoms with Crippen molar-refractivity contribution in [3.63, 3.8) is 0 Å². The van der Waals surface area contributed by atoms with E-state index >= 15 is 0 Å². The van der Waals surface area contributed by atoms with Gasteiger partial charge in [-0.25, -0.2) is 0 Å².